The van der Waals surface area contributed by atoms with Gasteiger partial charge in [0.15, 0.2) is 11.5 Å². The average Bonchev–Trinajstić information content (AvgIpc) is 3.56. The monoisotopic (exact) mass is 637 g/mol. The van der Waals surface area contributed by atoms with E-state index in [0.717, 1.165) is 31.1 Å². The van der Waals surface area contributed by atoms with Gasteiger partial charge in [0.1, 0.15) is 0 Å². The largest absolute Gasteiger partial charge is 0.454 e. The van der Waals surface area contributed by atoms with Crippen molar-refractivity contribution in [2.45, 2.75) is 154 Å². The molecule has 0 saturated carbocycles. The molecule has 46 heavy (non-hydrogen) atoms. The third kappa shape index (κ3) is 13.5. The van der Waals surface area contributed by atoms with E-state index < -0.39 is 0 Å². The molecule has 6 rings (SSSR count). The van der Waals surface area contributed by atoms with E-state index in [2.05, 4.69) is 84.0 Å². The van der Waals surface area contributed by atoms with Gasteiger partial charge in [-0.1, -0.05) is 140 Å². The Hall–Kier alpha value is -2.78. The van der Waals surface area contributed by atoms with Gasteiger partial charge in [0.25, 0.3) is 0 Å². The molecule has 3 heteroatoms. The first-order valence-electron chi connectivity index (χ1n) is 17.5. The predicted octanol–water partition coefficient (Wildman–Crippen LogP) is 13.5. The van der Waals surface area contributed by atoms with Gasteiger partial charge >= 0.3 is 0 Å². The number of benzene rings is 3. The molecular weight excluding hydrogens is 564 g/mol. The maximum Gasteiger partial charge on any atom is 0.231 e. The maximum atomic E-state index is 5.43. The number of fused-ring (bicyclic) bond motifs is 3. The molecule has 0 fully saturated rings. The number of hydrogen-bond donors (Lipinski definition) is 0. The molecular formula is C43H72O3. The first-order chi connectivity index (χ1) is 21.3. The molecule has 262 valence electrons. The van der Waals surface area contributed by atoms with Gasteiger partial charge in [0.05, 0.1) is 13.2 Å². The van der Waals surface area contributed by atoms with Crippen molar-refractivity contribution in [3.8, 4) is 11.5 Å². The normalized spacial score (nSPS) is 13.0. The molecule has 0 atom stereocenters. The van der Waals surface area contributed by atoms with Gasteiger partial charge in [-0.2, -0.15) is 0 Å². The molecule has 0 bridgehead atoms. The van der Waals surface area contributed by atoms with Crippen molar-refractivity contribution < 1.29 is 14.2 Å². The van der Waals surface area contributed by atoms with Gasteiger partial charge in [-0.3, -0.25) is 0 Å². The quantitative estimate of drug-likeness (QED) is 0.286. The summed E-state index contributed by atoms with van der Waals surface area (Å²) < 4.78 is 15.9. The number of ether oxygens (including phenoxy) is 3. The fraction of sp³-hybridized carbons (Fsp3) is 0.581. The number of aryl methyl sites for hydroxylation is 1. The highest BCUT2D eigenvalue weighted by Crippen LogP contribution is 2.34. The fourth-order valence-electron chi connectivity index (χ4n) is 5.62. The summed E-state index contributed by atoms with van der Waals surface area (Å²) in [7, 11) is 0. The smallest absolute Gasteiger partial charge is 0.231 e. The summed E-state index contributed by atoms with van der Waals surface area (Å²) in [5, 5.41) is 0. The Balaban J connectivity index is 0. The standard InChI is InChI=1S/C13H18.C12H16O.C10H12O2.3C2H6.2CH4/c1-10(2)12-9-5-7-11-6-3-4-8-13(11)12;1-9(2)11-5-3-4-10-8-13-7-6-12(10)11;1-7(2)8-3-4-9-10(5-8)12-6-11-9;3*1-2;;/h5,7,9-10H,3-4,6,8H2,1-2H3;3-5,9H,6-8H2,1-2H3;3-5,7H,6H2,1-2H3;3*1-2H3;2*1H4. The maximum absolute atomic E-state index is 5.43. The highest BCUT2D eigenvalue weighted by molar-refractivity contribution is 5.45. The van der Waals surface area contributed by atoms with Crippen LogP contribution in [0.15, 0.2) is 54.6 Å². The highest BCUT2D eigenvalue weighted by atomic mass is 16.7. The van der Waals surface area contributed by atoms with E-state index in [9.17, 15) is 0 Å². The van der Waals surface area contributed by atoms with Crippen LogP contribution in [0.2, 0.25) is 0 Å². The molecule has 3 aromatic rings. The first-order valence-corrected chi connectivity index (χ1v) is 17.5. The van der Waals surface area contributed by atoms with Crippen LogP contribution in [0.5, 0.6) is 11.5 Å². The molecule has 2 heterocycles. The van der Waals surface area contributed by atoms with Crippen LogP contribution in [-0.2, 0) is 30.6 Å². The molecule has 0 amide bonds. The Morgan fingerprint density at radius 2 is 1.07 bits per heavy atom. The van der Waals surface area contributed by atoms with Crippen molar-refractivity contribution in [3.05, 3.63) is 93.5 Å². The van der Waals surface area contributed by atoms with Crippen molar-refractivity contribution in [1.29, 1.82) is 0 Å². The van der Waals surface area contributed by atoms with Crippen molar-refractivity contribution >= 4 is 0 Å². The SMILES string of the molecule is C.C.CC.CC.CC.CC(C)c1ccc2c(c1)OCO2.CC(C)c1cccc2c1CCCC2.CC(C)c1cccc2c1CCOC2. The van der Waals surface area contributed by atoms with E-state index in [1.165, 1.54) is 47.9 Å². The van der Waals surface area contributed by atoms with E-state index in [-0.39, 0.29) is 14.9 Å². The summed E-state index contributed by atoms with van der Waals surface area (Å²) in [6.07, 6.45) is 6.47. The van der Waals surface area contributed by atoms with Gasteiger partial charge in [0.2, 0.25) is 6.79 Å². The van der Waals surface area contributed by atoms with Gasteiger partial charge < -0.3 is 14.2 Å². The summed E-state index contributed by atoms with van der Waals surface area (Å²) in [5.41, 5.74) is 10.6. The van der Waals surface area contributed by atoms with Crippen molar-refractivity contribution in [1.82, 2.24) is 0 Å². The van der Waals surface area contributed by atoms with Gasteiger partial charge in [-0.25, -0.2) is 0 Å². The van der Waals surface area contributed by atoms with Gasteiger partial charge in [0, 0.05) is 0 Å². The molecule has 0 N–H and O–H groups in total. The Bertz CT molecular complexity index is 1130. The summed E-state index contributed by atoms with van der Waals surface area (Å²) in [6, 6.07) is 19.5. The lowest BCUT2D eigenvalue weighted by molar-refractivity contribution is 0.110. The Kier molecular flexibility index (Phi) is 25.0. The van der Waals surface area contributed by atoms with Crippen molar-refractivity contribution in [2.75, 3.05) is 13.4 Å². The van der Waals surface area contributed by atoms with E-state index in [4.69, 9.17) is 14.2 Å². The summed E-state index contributed by atoms with van der Waals surface area (Å²) in [6.45, 7) is 27.5. The Labute approximate surface area is 286 Å². The molecule has 3 nitrogen and oxygen atoms in total. The summed E-state index contributed by atoms with van der Waals surface area (Å²) in [5.74, 6) is 3.60. The van der Waals surface area contributed by atoms with E-state index in [1.807, 2.05) is 53.7 Å². The molecule has 1 aliphatic carbocycles. The topological polar surface area (TPSA) is 27.7 Å². The zero-order valence-electron chi connectivity index (χ0n) is 30.3. The average molecular weight is 637 g/mol. The molecule has 0 saturated heterocycles. The number of hydrogen-bond acceptors (Lipinski definition) is 3. The predicted molar refractivity (Wildman–Crippen MR) is 205 cm³/mol. The Morgan fingerprint density at radius 1 is 0.543 bits per heavy atom. The zero-order valence-corrected chi connectivity index (χ0v) is 30.3. The lowest BCUT2D eigenvalue weighted by Crippen LogP contribution is -2.12. The Morgan fingerprint density at radius 3 is 1.63 bits per heavy atom. The second-order valence-electron chi connectivity index (χ2n) is 11.6. The lowest BCUT2D eigenvalue weighted by atomic mass is 9.85. The molecule has 0 unspecified atom stereocenters. The minimum absolute atomic E-state index is 0. The van der Waals surface area contributed by atoms with Gasteiger partial charge in [-0.05, 0) is 101 Å². The van der Waals surface area contributed by atoms with Crippen LogP contribution in [0, 0.1) is 0 Å². The van der Waals surface area contributed by atoms with Crippen LogP contribution in [0.25, 0.3) is 0 Å². The van der Waals surface area contributed by atoms with Crippen LogP contribution in [0.4, 0.5) is 0 Å². The lowest BCUT2D eigenvalue weighted by Gasteiger charge is -2.21. The van der Waals surface area contributed by atoms with Crippen LogP contribution < -0.4 is 9.47 Å². The summed E-state index contributed by atoms with van der Waals surface area (Å²) in [4.78, 5) is 0. The van der Waals surface area contributed by atoms with Crippen LogP contribution in [-0.4, -0.2) is 13.4 Å². The third-order valence-electron chi connectivity index (χ3n) is 7.80. The van der Waals surface area contributed by atoms with Crippen LogP contribution in [0.1, 0.15) is 167 Å². The highest BCUT2D eigenvalue weighted by Gasteiger charge is 2.16. The van der Waals surface area contributed by atoms with Crippen LogP contribution in [0.3, 0.4) is 0 Å². The molecule has 0 radical (unpaired) electrons. The van der Waals surface area contributed by atoms with Crippen molar-refractivity contribution in [3.63, 3.8) is 0 Å². The van der Waals surface area contributed by atoms with E-state index in [0.29, 0.717) is 24.5 Å². The zero-order chi connectivity index (χ0) is 33.1. The number of rotatable bonds is 3. The van der Waals surface area contributed by atoms with E-state index in [1.54, 1.807) is 16.7 Å². The van der Waals surface area contributed by atoms with Crippen molar-refractivity contribution in [2.24, 2.45) is 0 Å². The molecule has 0 aromatic heterocycles. The third-order valence-corrected chi connectivity index (χ3v) is 7.80. The molecule has 3 aromatic carbocycles. The minimum Gasteiger partial charge on any atom is -0.454 e. The van der Waals surface area contributed by atoms with Gasteiger partial charge in [-0.15, -0.1) is 0 Å². The molecule has 3 aliphatic rings. The fourth-order valence-corrected chi connectivity index (χ4v) is 5.62. The second-order valence-corrected chi connectivity index (χ2v) is 11.6. The minimum atomic E-state index is 0. The molecule has 2 aliphatic heterocycles. The second kappa shape index (κ2) is 25.3. The summed E-state index contributed by atoms with van der Waals surface area (Å²) >= 11 is 0. The molecule has 0 spiro atoms. The van der Waals surface area contributed by atoms with Crippen LogP contribution >= 0.6 is 0 Å². The first kappa shape index (κ1) is 45.3. The van der Waals surface area contributed by atoms with E-state index >= 15 is 0 Å².